The van der Waals surface area contributed by atoms with Crippen molar-refractivity contribution in [3.05, 3.63) is 24.3 Å². The van der Waals surface area contributed by atoms with Crippen molar-refractivity contribution in [1.82, 2.24) is 0 Å². The van der Waals surface area contributed by atoms with Crippen LogP contribution in [-0.4, -0.2) is 20.7 Å². The molecule has 0 saturated carbocycles. The summed E-state index contributed by atoms with van der Waals surface area (Å²) >= 11 is 0. The Morgan fingerprint density at radius 2 is 1.74 bits per heavy atom. The number of hydrogen-bond donors (Lipinski definition) is 1. The summed E-state index contributed by atoms with van der Waals surface area (Å²) in [5.41, 5.74) is 0.986. The smallest absolute Gasteiger partial charge is 0.178 e. The fraction of sp³-hybridized carbons (Fsp3) is 0.600. The molecule has 1 N–H and O–H groups in total. The number of hydrogen-bond acceptors (Lipinski definition) is 3. The molecule has 19 heavy (non-hydrogen) atoms. The van der Waals surface area contributed by atoms with E-state index in [0.29, 0.717) is 4.90 Å². The molecular weight excluding hydrogens is 258 g/mol. The van der Waals surface area contributed by atoms with E-state index < -0.39 is 9.84 Å². The van der Waals surface area contributed by atoms with Gasteiger partial charge in [0.1, 0.15) is 0 Å². The van der Waals surface area contributed by atoms with E-state index in [1.54, 1.807) is 19.1 Å². The van der Waals surface area contributed by atoms with Crippen molar-refractivity contribution in [2.45, 2.75) is 44.9 Å². The third-order valence-electron chi connectivity index (χ3n) is 3.13. The lowest BCUT2D eigenvalue weighted by Crippen LogP contribution is -2.05. The summed E-state index contributed by atoms with van der Waals surface area (Å²) in [4.78, 5) is 0.403. The van der Waals surface area contributed by atoms with Gasteiger partial charge in [0.25, 0.3) is 0 Å². The van der Waals surface area contributed by atoms with Crippen molar-refractivity contribution >= 4 is 15.5 Å². The van der Waals surface area contributed by atoms with Crippen LogP contribution < -0.4 is 5.32 Å². The zero-order valence-corrected chi connectivity index (χ0v) is 13.0. The fourth-order valence-electron chi connectivity index (χ4n) is 1.86. The molecule has 3 nitrogen and oxygen atoms in total. The van der Waals surface area contributed by atoms with Crippen LogP contribution >= 0.6 is 0 Å². The van der Waals surface area contributed by atoms with E-state index >= 15 is 0 Å². The second kappa shape index (κ2) is 7.53. The number of nitrogens with one attached hydrogen (secondary N) is 1. The van der Waals surface area contributed by atoms with Crippen LogP contribution in [0.2, 0.25) is 0 Å². The third-order valence-corrected chi connectivity index (χ3v) is 4.88. The molecule has 4 heteroatoms. The van der Waals surface area contributed by atoms with Crippen molar-refractivity contribution in [2.75, 3.05) is 17.6 Å². The minimum Gasteiger partial charge on any atom is -0.385 e. The van der Waals surface area contributed by atoms with Gasteiger partial charge in [-0.2, -0.15) is 0 Å². The Kier molecular flexibility index (Phi) is 6.35. The van der Waals surface area contributed by atoms with Gasteiger partial charge in [-0.15, -0.1) is 0 Å². The molecule has 0 saturated heterocycles. The number of benzene rings is 1. The highest BCUT2D eigenvalue weighted by Gasteiger charge is 2.10. The molecule has 0 aliphatic rings. The zero-order chi connectivity index (χ0) is 14.3. The first-order valence-electron chi connectivity index (χ1n) is 7.02. The van der Waals surface area contributed by atoms with Crippen LogP contribution in [0.15, 0.2) is 29.2 Å². The van der Waals surface area contributed by atoms with Gasteiger partial charge < -0.3 is 5.32 Å². The molecule has 0 unspecified atom stereocenters. The Bertz CT molecular complexity index is 463. The molecule has 0 aliphatic heterocycles. The SMILES string of the molecule is CCS(=O)(=O)c1ccc(NCCCCC(C)C)cc1. The van der Waals surface area contributed by atoms with E-state index in [1.165, 1.54) is 12.8 Å². The van der Waals surface area contributed by atoms with Crippen LogP contribution in [0, 0.1) is 5.92 Å². The summed E-state index contributed by atoms with van der Waals surface area (Å²) in [6.45, 7) is 7.07. The van der Waals surface area contributed by atoms with E-state index in [2.05, 4.69) is 19.2 Å². The van der Waals surface area contributed by atoms with Crippen LogP contribution in [-0.2, 0) is 9.84 Å². The lowest BCUT2D eigenvalue weighted by molar-refractivity contribution is 0.545. The average molecular weight is 283 g/mol. The summed E-state index contributed by atoms with van der Waals surface area (Å²) in [7, 11) is -3.08. The maximum absolute atomic E-state index is 11.7. The molecule has 0 atom stereocenters. The van der Waals surface area contributed by atoms with E-state index in [-0.39, 0.29) is 5.75 Å². The highest BCUT2D eigenvalue weighted by Crippen LogP contribution is 2.15. The first kappa shape index (κ1) is 16.0. The van der Waals surface area contributed by atoms with Crippen molar-refractivity contribution in [3.8, 4) is 0 Å². The molecule has 1 aromatic rings. The Labute approximate surface area is 117 Å². The van der Waals surface area contributed by atoms with Gasteiger partial charge in [-0.1, -0.05) is 33.6 Å². The van der Waals surface area contributed by atoms with Crippen LogP contribution in [0.5, 0.6) is 0 Å². The monoisotopic (exact) mass is 283 g/mol. The second-order valence-corrected chi connectivity index (χ2v) is 7.52. The number of sulfone groups is 1. The average Bonchev–Trinajstić information content (AvgIpc) is 2.38. The van der Waals surface area contributed by atoms with Gasteiger partial charge in [0.05, 0.1) is 10.6 Å². The normalized spacial score (nSPS) is 11.8. The molecule has 0 amide bonds. The highest BCUT2D eigenvalue weighted by atomic mass is 32.2. The van der Waals surface area contributed by atoms with Crippen molar-refractivity contribution in [2.24, 2.45) is 5.92 Å². The van der Waals surface area contributed by atoms with Crippen LogP contribution in [0.4, 0.5) is 5.69 Å². The minimum atomic E-state index is -3.08. The van der Waals surface area contributed by atoms with Gasteiger partial charge in [-0.3, -0.25) is 0 Å². The van der Waals surface area contributed by atoms with Gasteiger partial charge in [0.15, 0.2) is 9.84 Å². The quantitative estimate of drug-likeness (QED) is 0.740. The molecule has 1 rings (SSSR count). The molecule has 0 spiro atoms. The summed E-state index contributed by atoms with van der Waals surface area (Å²) < 4.78 is 23.3. The highest BCUT2D eigenvalue weighted by molar-refractivity contribution is 7.91. The largest absolute Gasteiger partial charge is 0.385 e. The Balaban J connectivity index is 2.41. The van der Waals surface area contributed by atoms with Crippen LogP contribution in [0.3, 0.4) is 0 Å². The minimum absolute atomic E-state index is 0.148. The zero-order valence-electron chi connectivity index (χ0n) is 12.1. The van der Waals surface area contributed by atoms with E-state index in [9.17, 15) is 8.42 Å². The summed E-state index contributed by atoms with van der Waals surface area (Å²) in [6, 6.07) is 7.03. The van der Waals surface area contributed by atoms with Crippen LogP contribution in [0.1, 0.15) is 40.0 Å². The van der Waals surface area contributed by atoms with E-state index in [4.69, 9.17) is 0 Å². The standard InChI is InChI=1S/C15H25NO2S/c1-4-19(17,18)15-10-8-14(9-11-15)16-12-6-5-7-13(2)3/h8-11,13,16H,4-7,12H2,1-3H3. The molecule has 108 valence electrons. The molecule has 0 radical (unpaired) electrons. The van der Waals surface area contributed by atoms with Crippen molar-refractivity contribution in [1.29, 1.82) is 0 Å². The molecule has 0 heterocycles. The van der Waals surface area contributed by atoms with Gasteiger partial charge in [-0.05, 0) is 36.6 Å². The van der Waals surface area contributed by atoms with Crippen molar-refractivity contribution < 1.29 is 8.42 Å². The number of unbranched alkanes of at least 4 members (excludes halogenated alkanes) is 1. The Morgan fingerprint density at radius 3 is 2.26 bits per heavy atom. The maximum Gasteiger partial charge on any atom is 0.178 e. The predicted octanol–water partition coefficient (Wildman–Crippen LogP) is 3.72. The number of anilines is 1. The third kappa shape index (κ3) is 5.64. The van der Waals surface area contributed by atoms with Gasteiger partial charge in [0.2, 0.25) is 0 Å². The van der Waals surface area contributed by atoms with Gasteiger partial charge >= 0.3 is 0 Å². The lowest BCUT2D eigenvalue weighted by Gasteiger charge is -2.08. The maximum atomic E-state index is 11.7. The molecular formula is C15H25NO2S. The summed E-state index contributed by atoms with van der Waals surface area (Å²) in [6.07, 6.45) is 3.63. The fourth-order valence-corrected chi connectivity index (χ4v) is 2.74. The predicted molar refractivity (Wildman–Crippen MR) is 81.3 cm³/mol. The summed E-state index contributed by atoms with van der Waals surface area (Å²) in [5.74, 6) is 0.910. The first-order valence-corrected chi connectivity index (χ1v) is 8.67. The lowest BCUT2D eigenvalue weighted by atomic mass is 10.1. The molecule has 0 fully saturated rings. The van der Waals surface area contributed by atoms with Gasteiger partial charge in [-0.25, -0.2) is 8.42 Å². The number of rotatable bonds is 8. The molecule has 0 aliphatic carbocycles. The van der Waals surface area contributed by atoms with Crippen molar-refractivity contribution in [3.63, 3.8) is 0 Å². The summed E-state index contributed by atoms with van der Waals surface area (Å²) in [5, 5.41) is 3.32. The van der Waals surface area contributed by atoms with Crippen LogP contribution in [0.25, 0.3) is 0 Å². The topological polar surface area (TPSA) is 46.2 Å². The molecule has 0 bridgehead atoms. The van der Waals surface area contributed by atoms with E-state index in [1.807, 2.05) is 12.1 Å². The Hall–Kier alpha value is -1.03. The van der Waals surface area contributed by atoms with Gasteiger partial charge in [0, 0.05) is 12.2 Å². The second-order valence-electron chi connectivity index (χ2n) is 5.24. The molecule has 0 aromatic heterocycles. The van der Waals surface area contributed by atoms with E-state index in [0.717, 1.165) is 24.6 Å². The first-order chi connectivity index (χ1) is 8.95. The molecule has 1 aromatic carbocycles. The Morgan fingerprint density at radius 1 is 1.11 bits per heavy atom.